The van der Waals surface area contributed by atoms with Crippen LogP contribution in [0.15, 0.2) is 34.9 Å². The van der Waals surface area contributed by atoms with Crippen molar-refractivity contribution in [3.05, 3.63) is 47.6 Å². The highest BCUT2D eigenvalue weighted by molar-refractivity contribution is 5.83. The molecule has 0 spiro atoms. The lowest BCUT2D eigenvalue weighted by molar-refractivity contribution is -0.132. The van der Waals surface area contributed by atoms with Gasteiger partial charge in [0.25, 0.3) is 0 Å². The molecule has 2 heterocycles. The van der Waals surface area contributed by atoms with Crippen LogP contribution in [0.4, 0.5) is 0 Å². The number of hydrogen-bond acceptors (Lipinski definition) is 5. The number of carbonyl (C=O) groups excluding carboxylic acids is 1. The first-order chi connectivity index (χ1) is 11.6. The summed E-state index contributed by atoms with van der Waals surface area (Å²) in [5.74, 6) is 1.51. The van der Waals surface area contributed by atoms with Gasteiger partial charge >= 0.3 is 0 Å². The molecule has 128 valence electrons. The summed E-state index contributed by atoms with van der Waals surface area (Å²) in [6.07, 6.45) is 2.16. The van der Waals surface area contributed by atoms with Gasteiger partial charge in [0.2, 0.25) is 11.8 Å². The molecule has 24 heavy (non-hydrogen) atoms. The van der Waals surface area contributed by atoms with Crippen LogP contribution in [0, 0.1) is 0 Å². The predicted octanol–water partition coefficient (Wildman–Crippen LogP) is 2.65. The first kappa shape index (κ1) is 16.6. The van der Waals surface area contributed by atoms with Gasteiger partial charge in [-0.3, -0.25) is 10.1 Å². The van der Waals surface area contributed by atoms with E-state index in [9.17, 15) is 4.79 Å². The Kier molecular flexibility index (Phi) is 5.25. The maximum absolute atomic E-state index is 12.9. The van der Waals surface area contributed by atoms with E-state index in [1.165, 1.54) is 0 Å². The number of nitrogens with one attached hydrogen (secondary N) is 1. The predicted molar refractivity (Wildman–Crippen MR) is 90.2 cm³/mol. The standard InChI is InChI=1S/C18H24N4O2/c1-13(2)17-20-15(21-24-17)12-19-16(14-8-4-3-5-9-14)18(23)22-10-6-7-11-22/h3-5,8-9,13,16,19H,6-7,10-12H2,1-2H3. The van der Waals surface area contributed by atoms with Crippen molar-refractivity contribution in [1.29, 1.82) is 0 Å². The first-order valence-electron chi connectivity index (χ1n) is 8.54. The summed E-state index contributed by atoms with van der Waals surface area (Å²) in [7, 11) is 0. The Morgan fingerprint density at radius 3 is 2.58 bits per heavy atom. The summed E-state index contributed by atoms with van der Waals surface area (Å²) in [5, 5.41) is 7.29. The third-order valence-corrected chi connectivity index (χ3v) is 4.24. The molecule has 3 rings (SSSR count). The zero-order valence-electron chi connectivity index (χ0n) is 14.2. The van der Waals surface area contributed by atoms with Crippen molar-refractivity contribution in [3.63, 3.8) is 0 Å². The fourth-order valence-electron chi connectivity index (χ4n) is 2.88. The van der Waals surface area contributed by atoms with Gasteiger partial charge in [-0.25, -0.2) is 0 Å². The van der Waals surface area contributed by atoms with E-state index in [2.05, 4.69) is 15.5 Å². The highest BCUT2D eigenvalue weighted by Crippen LogP contribution is 2.20. The Labute approximate surface area is 142 Å². The van der Waals surface area contributed by atoms with E-state index in [-0.39, 0.29) is 17.9 Å². The maximum Gasteiger partial charge on any atom is 0.244 e. The Balaban J connectivity index is 1.73. The largest absolute Gasteiger partial charge is 0.341 e. The van der Waals surface area contributed by atoms with E-state index < -0.39 is 0 Å². The highest BCUT2D eigenvalue weighted by Gasteiger charge is 2.27. The van der Waals surface area contributed by atoms with Crippen molar-refractivity contribution >= 4 is 5.91 Å². The molecule has 2 aromatic rings. The van der Waals surface area contributed by atoms with E-state index in [1.54, 1.807) is 0 Å². The van der Waals surface area contributed by atoms with Crippen molar-refractivity contribution in [3.8, 4) is 0 Å². The summed E-state index contributed by atoms with van der Waals surface area (Å²) < 4.78 is 5.23. The molecule has 1 unspecified atom stereocenters. The topological polar surface area (TPSA) is 71.3 Å². The fourth-order valence-corrected chi connectivity index (χ4v) is 2.88. The fraction of sp³-hybridized carbons (Fsp3) is 0.500. The van der Waals surface area contributed by atoms with Crippen molar-refractivity contribution in [1.82, 2.24) is 20.4 Å². The van der Waals surface area contributed by atoms with Crippen LogP contribution in [0.5, 0.6) is 0 Å². The van der Waals surface area contributed by atoms with Crippen LogP contribution >= 0.6 is 0 Å². The van der Waals surface area contributed by atoms with Gasteiger partial charge in [0.05, 0.1) is 6.54 Å². The van der Waals surface area contributed by atoms with Gasteiger partial charge in [0, 0.05) is 19.0 Å². The lowest BCUT2D eigenvalue weighted by Gasteiger charge is -2.24. The molecule has 6 nitrogen and oxygen atoms in total. The summed E-state index contributed by atoms with van der Waals surface area (Å²) >= 11 is 0. The lowest BCUT2D eigenvalue weighted by Crippen LogP contribution is -2.39. The monoisotopic (exact) mass is 328 g/mol. The van der Waals surface area contributed by atoms with E-state index in [0.29, 0.717) is 18.3 Å². The van der Waals surface area contributed by atoms with Gasteiger partial charge < -0.3 is 9.42 Å². The SMILES string of the molecule is CC(C)c1nc(CNC(C(=O)N2CCCC2)c2ccccc2)no1. The van der Waals surface area contributed by atoms with Crippen molar-refractivity contribution in [2.45, 2.75) is 45.2 Å². The third-order valence-electron chi connectivity index (χ3n) is 4.24. The second-order valence-corrected chi connectivity index (χ2v) is 6.46. The molecule has 1 aromatic carbocycles. The van der Waals surface area contributed by atoms with Crippen molar-refractivity contribution in [2.75, 3.05) is 13.1 Å². The zero-order chi connectivity index (χ0) is 16.9. The summed E-state index contributed by atoms with van der Waals surface area (Å²) in [5.41, 5.74) is 0.960. The van der Waals surface area contributed by atoms with E-state index in [1.807, 2.05) is 49.1 Å². The Morgan fingerprint density at radius 2 is 1.96 bits per heavy atom. The van der Waals surface area contributed by atoms with Crippen LogP contribution < -0.4 is 5.32 Å². The Morgan fingerprint density at radius 1 is 1.25 bits per heavy atom. The highest BCUT2D eigenvalue weighted by atomic mass is 16.5. The molecule has 0 radical (unpaired) electrons. The van der Waals surface area contributed by atoms with Gasteiger partial charge in [-0.2, -0.15) is 4.98 Å². The molecule has 1 aromatic heterocycles. The minimum absolute atomic E-state index is 0.117. The van der Waals surface area contributed by atoms with Crippen LogP contribution in [0.3, 0.4) is 0 Å². The summed E-state index contributed by atoms with van der Waals surface area (Å²) in [4.78, 5) is 19.2. The second-order valence-electron chi connectivity index (χ2n) is 6.46. The van der Waals surface area contributed by atoms with Gasteiger partial charge in [-0.15, -0.1) is 0 Å². The van der Waals surface area contributed by atoms with Crippen molar-refractivity contribution in [2.24, 2.45) is 0 Å². The smallest absolute Gasteiger partial charge is 0.244 e. The Hall–Kier alpha value is -2.21. The molecular formula is C18H24N4O2. The second kappa shape index (κ2) is 7.57. The van der Waals surface area contributed by atoms with Gasteiger partial charge in [-0.1, -0.05) is 49.3 Å². The van der Waals surface area contributed by atoms with E-state index in [4.69, 9.17) is 4.52 Å². The minimum atomic E-state index is -0.384. The first-order valence-corrected chi connectivity index (χ1v) is 8.54. The number of likely N-dealkylation sites (tertiary alicyclic amines) is 1. The molecule has 1 fully saturated rings. The van der Waals surface area contributed by atoms with Crippen LogP contribution in [-0.2, 0) is 11.3 Å². The average molecular weight is 328 g/mol. The number of nitrogens with zero attached hydrogens (tertiary/aromatic N) is 3. The molecule has 0 aliphatic carbocycles. The summed E-state index contributed by atoms with van der Waals surface area (Å²) in [6, 6.07) is 9.42. The molecule has 0 bridgehead atoms. The molecule has 1 N–H and O–H groups in total. The molecule has 0 saturated carbocycles. The molecule has 1 aliphatic rings. The molecule has 1 aliphatic heterocycles. The average Bonchev–Trinajstić information content (AvgIpc) is 3.28. The van der Waals surface area contributed by atoms with E-state index in [0.717, 1.165) is 31.5 Å². The number of aromatic nitrogens is 2. The van der Waals surface area contributed by atoms with E-state index >= 15 is 0 Å². The van der Waals surface area contributed by atoms with Crippen LogP contribution in [0.25, 0.3) is 0 Å². The maximum atomic E-state index is 12.9. The van der Waals surface area contributed by atoms with Gasteiger partial charge in [0.15, 0.2) is 5.82 Å². The van der Waals surface area contributed by atoms with Gasteiger partial charge in [0.1, 0.15) is 6.04 Å². The summed E-state index contributed by atoms with van der Waals surface area (Å²) in [6.45, 7) is 6.09. The molecule has 1 saturated heterocycles. The lowest BCUT2D eigenvalue weighted by atomic mass is 10.1. The van der Waals surface area contributed by atoms with Crippen LogP contribution in [-0.4, -0.2) is 34.0 Å². The number of amides is 1. The zero-order valence-corrected chi connectivity index (χ0v) is 14.2. The van der Waals surface area contributed by atoms with Crippen molar-refractivity contribution < 1.29 is 9.32 Å². The normalized spacial score (nSPS) is 15.9. The number of benzene rings is 1. The third kappa shape index (κ3) is 3.82. The molecular weight excluding hydrogens is 304 g/mol. The number of hydrogen-bond donors (Lipinski definition) is 1. The minimum Gasteiger partial charge on any atom is -0.341 e. The molecule has 1 amide bonds. The number of rotatable bonds is 6. The number of carbonyl (C=O) groups is 1. The van der Waals surface area contributed by atoms with Gasteiger partial charge in [-0.05, 0) is 18.4 Å². The molecule has 6 heteroatoms. The van der Waals surface area contributed by atoms with Crippen LogP contribution in [0.2, 0.25) is 0 Å². The van der Waals surface area contributed by atoms with Crippen LogP contribution in [0.1, 0.15) is 55.9 Å². The molecule has 1 atom stereocenters. The Bertz CT molecular complexity index is 663. The quantitative estimate of drug-likeness (QED) is 0.882.